The monoisotopic (exact) mass is 467 g/mol. The van der Waals surface area contributed by atoms with Gasteiger partial charge in [-0.05, 0) is 30.2 Å². The first-order chi connectivity index (χ1) is 16.5. The minimum Gasteiger partial charge on any atom is -0.497 e. The number of methoxy groups -OCH3 is 2. The Balaban J connectivity index is 1.50. The molecule has 1 aromatic heterocycles. The standard InChI is InChI=1S/C24H26FN5O4/c1-33-19-9-7-16(8-10-19)12-26-23(31)22-11-18(30-15-21(27-28-30)24(32)34-2)14-29(22)13-17-5-3-4-6-20(17)25/h3-10,15,18,22H,11-14H2,1-2H3,(H,26,31)/t18-,22+/m1/s1. The molecule has 1 fully saturated rings. The second-order valence-electron chi connectivity index (χ2n) is 8.07. The lowest BCUT2D eigenvalue weighted by atomic mass is 10.1. The van der Waals surface area contributed by atoms with Gasteiger partial charge in [0.2, 0.25) is 5.91 Å². The Morgan fingerprint density at radius 3 is 2.62 bits per heavy atom. The third-order valence-electron chi connectivity index (χ3n) is 5.92. The van der Waals surface area contributed by atoms with Gasteiger partial charge in [-0.25, -0.2) is 13.9 Å². The normalized spacial score (nSPS) is 18.0. The molecule has 2 heterocycles. The van der Waals surface area contributed by atoms with Crippen LogP contribution in [-0.2, 0) is 22.6 Å². The van der Waals surface area contributed by atoms with Crippen molar-refractivity contribution >= 4 is 11.9 Å². The molecule has 10 heteroatoms. The van der Waals surface area contributed by atoms with Gasteiger partial charge in [0, 0.05) is 25.2 Å². The van der Waals surface area contributed by atoms with E-state index in [1.807, 2.05) is 29.2 Å². The number of ether oxygens (including phenoxy) is 2. The lowest BCUT2D eigenvalue weighted by Crippen LogP contribution is -2.42. The fourth-order valence-corrected chi connectivity index (χ4v) is 4.07. The lowest BCUT2D eigenvalue weighted by molar-refractivity contribution is -0.125. The van der Waals surface area contributed by atoms with Crippen molar-refractivity contribution in [2.75, 3.05) is 20.8 Å². The maximum Gasteiger partial charge on any atom is 0.360 e. The molecule has 0 radical (unpaired) electrons. The SMILES string of the molecule is COC(=O)c1cn([C@@H]2C[C@@H](C(=O)NCc3ccc(OC)cc3)N(Cc3ccccc3F)C2)nn1. The average molecular weight is 468 g/mol. The van der Waals surface area contributed by atoms with Gasteiger partial charge in [-0.3, -0.25) is 9.69 Å². The lowest BCUT2D eigenvalue weighted by Gasteiger charge is -2.23. The molecular weight excluding hydrogens is 441 g/mol. The highest BCUT2D eigenvalue weighted by Gasteiger charge is 2.38. The average Bonchev–Trinajstić information content (AvgIpc) is 3.51. The number of aromatic nitrogens is 3. The highest BCUT2D eigenvalue weighted by Crippen LogP contribution is 2.29. The largest absolute Gasteiger partial charge is 0.497 e. The number of nitrogens with zero attached hydrogens (tertiary/aromatic N) is 4. The molecule has 3 aromatic rings. The summed E-state index contributed by atoms with van der Waals surface area (Å²) in [6.07, 6.45) is 1.95. The Morgan fingerprint density at radius 2 is 1.91 bits per heavy atom. The van der Waals surface area contributed by atoms with Crippen molar-refractivity contribution in [1.29, 1.82) is 0 Å². The van der Waals surface area contributed by atoms with E-state index in [0.29, 0.717) is 25.1 Å². The van der Waals surface area contributed by atoms with Crippen LogP contribution in [0.1, 0.15) is 34.1 Å². The third kappa shape index (κ3) is 5.23. The Labute approximate surface area is 196 Å². The first-order valence-electron chi connectivity index (χ1n) is 10.9. The first-order valence-corrected chi connectivity index (χ1v) is 10.9. The predicted molar refractivity (Wildman–Crippen MR) is 120 cm³/mol. The Morgan fingerprint density at radius 1 is 1.15 bits per heavy atom. The van der Waals surface area contributed by atoms with Gasteiger partial charge in [-0.15, -0.1) is 5.10 Å². The number of likely N-dealkylation sites (tertiary alicyclic amines) is 1. The van der Waals surface area contributed by atoms with Crippen molar-refractivity contribution in [1.82, 2.24) is 25.2 Å². The summed E-state index contributed by atoms with van der Waals surface area (Å²) in [6.45, 7) is 1.06. The van der Waals surface area contributed by atoms with Crippen molar-refractivity contribution in [3.05, 3.63) is 77.4 Å². The molecule has 9 nitrogen and oxygen atoms in total. The predicted octanol–water partition coefficient (Wildman–Crippen LogP) is 2.34. The number of rotatable bonds is 8. The van der Waals surface area contributed by atoms with E-state index in [4.69, 9.17) is 9.47 Å². The maximum atomic E-state index is 14.3. The number of esters is 1. The molecule has 0 saturated carbocycles. The number of carbonyl (C=O) groups excluding carboxylic acids is 2. The topological polar surface area (TPSA) is 98.6 Å². The van der Waals surface area contributed by atoms with E-state index in [2.05, 4.69) is 15.6 Å². The van der Waals surface area contributed by atoms with E-state index in [9.17, 15) is 14.0 Å². The molecule has 1 aliphatic rings. The van der Waals surface area contributed by atoms with Gasteiger partial charge in [-0.1, -0.05) is 35.5 Å². The minimum absolute atomic E-state index is 0.0931. The van der Waals surface area contributed by atoms with E-state index in [-0.39, 0.29) is 30.0 Å². The van der Waals surface area contributed by atoms with Gasteiger partial charge in [0.1, 0.15) is 11.6 Å². The van der Waals surface area contributed by atoms with Crippen LogP contribution in [0.4, 0.5) is 4.39 Å². The summed E-state index contributed by atoms with van der Waals surface area (Å²) in [4.78, 5) is 26.9. The van der Waals surface area contributed by atoms with Gasteiger partial charge >= 0.3 is 5.97 Å². The number of halogens is 1. The van der Waals surface area contributed by atoms with Crippen molar-refractivity contribution in [2.24, 2.45) is 0 Å². The van der Waals surface area contributed by atoms with Crippen LogP contribution in [0.15, 0.2) is 54.7 Å². The second kappa shape index (κ2) is 10.4. The third-order valence-corrected chi connectivity index (χ3v) is 5.92. The maximum absolute atomic E-state index is 14.3. The quantitative estimate of drug-likeness (QED) is 0.508. The van der Waals surface area contributed by atoms with E-state index in [1.165, 1.54) is 19.4 Å². The van der Waals surface area contributed by atoms with Crippen LogP contribution in [-0.4, -0.2) is 58.6 Å². The smallest absolute Gasteiger partial charge is 0.360 e. The molecule has 1 N–H and O–H groups in total. The second-order valence-corrected chi connectivity index (χ2v) is 8.07. The van der Waals surface area contributed by atoms with Gasteiger partial charge < -0.3 is 14.8 Å². The zero-order chi connectivity index (χ0) is 24.1. The van der Waals surface area contributed by atoms with Gasteiger partial charge in [-0.2, -0.15) is 0 Å². The summed E-state index contributed by atoms with van der Waals surface area (Å²) >= 11 is 0. The molecule has 2 atom stereocenters. The van der Waals surface area contributed by atoms with E-state index in [0.717, 1.165) is 11.3 Å². The fourth-order valence-electron chi connectivity index (χ4n) is 4.07. The Bertz CT molecular complexity index is 1150. The summed E-state index contributed by atoms with van der Waals surface area (Å²) in [5.41, 5.74) is 1.53. The first kappa shape index (κ1) is 23.4. The van der Waals surface area contributed by atoms with Gasteiger partial charge in [0.05, 0.1) is 32.5 Å². The van der Waals surface area contributed by atoms with E-state index < -0.39 is 12.0 Å². The van der Waals surface area contributed by atoms with Crippen LogP contribution < -0.4 is 10.1 Å². The summed E-state index contributed by atoms with van der Waals surface area (Å²) in [5, 5.41) is 10.9. The summed E-state index contributed by atoms with van der Waals surface area (Å²) in [6, 6.07) is 13.2. The van der Waals surface area contributed by atoms with Crippen LogP contribution in [0.25, 0.3) is 0 Å². The van der Waals surface area contributed by atoms with Crippen LogP contribution in [0.2, 0.25) is 0 Å². The van der Waals surface area contributed by atoms with E-state index >= 15 is 0 Å². The number of nitrogens with one attached hydrogen (secondary N) is 1. The van der Waals surface area contributed by atoms with Crippen LogP contribution in [0.3, 0.4) is 0 Å². The number of hydrogen-bond donors (Lipinski definition) is 1. The van der Waals surface area contributed by atoms with Crippen molar-refractivity contribution in [2.45, 2.75) is 31.6 Å². The number of amides is 1. The van der Waals surface area contributed by atoms with Gasteiger partial charge in [0.15, 0.2) is 5.69 Å². The molecule has 178 valence electrons. The molecule has 0 bridgehead atoms. The molecular formula is C24H26FN5O4. The van der Waals surface area contributed by atoms with Crippen molar-refractivity contribution in [3.8, 4) is 5.75 Å². The summed E-state index contributed by atoms with van der Waals surface area (Å²) in [5.74, 6) is -0.329. The Hall–Kier alpha value is -3.79. The molecule has 0 unspecified atom stereocenters. The van der Waals surface area contributed by atoms with Crippen LogP contribution in [0.5, 0.6) is 5.75 Å². The molecule has 1 saturated heterocycles. The molecule has 4 rings (SSSR count). The molecule has 0 spiro atoms. The molecule has 1 aliphatic heterocycles. The van der Waals surface area contributed by atoms with E-state index in [1.54, 1.807) is 30.0 Å². The summed E-state index contributed by atoms with van der Waals surface area (Å²) in [7, 11) is 2.87. The van der Waals surface area contributed by atoms with Gasteiger partial charge in [0.25, 0.3) is 0 Å². The number of carbonyl (C=O) groups is 2. The molecule has 0 aliphatic carbocycles. The summed E-state index contributed by atoms with van der Waals surface area (Å²) < 4.78 is 25.8. The van der Waals surface area contributed by atoms with Crippen LogP contribution in [0, 0.1) is 5.82 Å². The number of benzene rings is 2. The molecule has 34 heavy (non-hydrogen) atoms. The zero-order valence-electron chi connectivity index (χ0n) is 19.0. The van der Waals surface area contributed by atoms with Crippen molar-refractivity contribution < 1.29 is 23.5 Å². The molecule has 2 aromatic carbocycles. The Kier molecular flexibility index (Phi) is 7.17. The number of hydrogen-bond acceptors (Lipinski definition) is 7. The highest BCUT2D eigenvalue weighted by molar-refractivity contribution is 5.86. The zero-order valence-corrected chi connectivity index (χ0v) is 19.0. The fraction of sp³-hybridized carbons (Fsp3) is 0.333. The van der Waals surface area contributed by atoms with Crippen molar-refractivity contribution in [3.63, 3.8) is 0 Å². The minimum atomic E-state index is -0.582. The molecule has 1 amide bonds. The highest BCUT2D eigenvalue weighted by atomic mass is 19.1. The van der Waals surface area contributed by atoms with Crippen LogP contribution >= 0.6 is 0 Å².